The number of rotatable bonds is 4. The van der Waals surface area contributed by atoms with Crippen molar-refractivity contribution in [2.75, 3.05) is 13.1 Å². The van der Waals surface area contributed by atoms with Crippen molar-refractivity contribution in [2.24, 2.45) is 5.10 Å². The third-order valence-corrected chi connectivity index (χ3v) is 2.06. The van der Waals surface area contributed by atoms with E-state index in [0.29, 0.717) is 12.1 Å². The van der Waals surface area contributed by atoms with Crippen LogP contribution in [0.4, 0.5) is 0 Å². The summed E-state index contributed by atoms with van der Waals surface area (Å²) in [7, 11) is 0. The molecule has 3 nitrogen and oxygen atoms in total. The molecule has 1 saturated heterocycles. The number of nitrogens with zero attached hydrogens (tertiary/aromatic N) is 2. The van der Waals surface area contributed by atoms with Gasteiger partial charge in [-0.3, -0.25) is 5.01 Å². The maximum Gasteiger partial charge on any atom is 0.0722 e. The largest absolute Gasteiger partial charge is 0.312 e. The van der Waals surface area contributed by atoms with E-state index in [0.717, 1.165) is 19.5 Å². The van der Waals surface area contributed by atoms with Crippen LogP contribution in [0.15, 0.2) is 5.10 Å². The fourth-order valence-electron chi connectivity index (χ4n) is 1.29. The van der Waals surface area contributed by atoms with Gasteiger partial charge in [-0.15, -0.1) is 0 Å². The predicted octanol–water partition coefficient (Wildman–Crippen LogP) is 1.06. The van der Waals surface area contributed by atoms with Crippen molar-refractivity contribution in [1.29, 1.82) is 0 Å². The molecular formula is C9H19N3. The van der Waals surface area contributed by atoms with Gasteiger partial charge >= 0.3 is 0 Å². The Balaban J connectivity index is 2.42. The van der Waals surface area contributed by atoms with Gasteiger partial charge in [0, 0.05) is 25.3 Å². The van der Waals surface area contributed by atoms with Crippen molar-refractivity contribution >= 4 is 6.21 Å². The van der Waals surface area contributed by atoms with E-state index in [1.807, 2.05) is 6.21 Å². The zero-order chi connectivity index (χ0) is 8.97. The molecule has 70 valence electrons. The fourth-order valence-corrected chi connectivity index (χ4v) is 1.29. The Morgan fingerprint density at radius 1 is 1.58 bits per heavy atom. The smallest absolute Gasteiger partial charge is 0.0722 e. The Bertz CT molecular complexity index is 150. The van der Waals surface area contributed by atoms with Gasteiger partial charge in [0.25, 0.3) is 0 Å². The second kappa shape index (κ2) is 4.45. The van der Waals surface area contributed by atoms with Crippen LogP contribution in [0.3, 0.4) is 0 Å². The third-order valence-electron chi connectivity index (χ3n) is 2.06. The van der Waals surface area contributed by atoms with E-state index in [1.165, 1.54) is 0 Å². The standard InChI is InChI=1S/C9H19N3/c1-4-5-11-12(8(2)3)9-6-10-7-9/h5,8-10H,4,6-7H2,1-3H3/b11-5-. The lowest BCUT2D eigenvalue weighted by atomic mass is 10.1. The van der Waals surface area contributed by atoms with Gasteiger partial charge in [-0.05, 0) is 20.3 Å². The quantitative estimate of drug-likeness (QED) is 0.503. The molecule has 1 fully saturated rings. The van der Waals surface area contributed by atoms with Crippen molar-refractivity contribution in [3.8, 4) is 0 Å². The van der Waals surface area contributed by atoms with Crippen LogP contribution in [-0.2, 0) is 0 Å². The van der Waals surface area contributed by atoms with E-state index in [4.69, 9.17) is 0 Å². The van der Waals surface area contributed by atoms with Gasteiger partial charge in [0.1, 0.15) is 0 Å². The molecule has 0 saturated carbocycles. The van der Waals surface area contributed by atoms with Gasteiger partial charge in [-0.2, -0.15) is 5.10 Å². The Morgan fingerprint density at radius 2 is 2.25 bits per heavy atom. The first-order valence-corrected chi connectivity index (χ1v) is 4.77. The van der Waals surface area contributed by atoms with Crippen molar-refractivity contribution < 1.29 is 0 Å². The van der Waals surface area contributed by atoms with Crippen LogP contribution in [0.5, 0.6) is 0 Å². The highest BCUT2D eigenvalue weighted by Crippen LogP contribution is 2.09. The summed E-state index contributed by atoms with van der Waals surface area (Å²) < 4.78 is 0. The van der Waals surface area contributed by atoms with Crippen LogP contribution in [0.2, 0.25) is 0 Å². The molecule has 0 radical (unpaired) electrons. The maximum atomic E-state index is 4.43. The molecule has 0 atom stereocenters. The van der Waals surface area contributed by atoms with Gasteiger partial charge in [0.15, 0.2) is 0 Å². The minimum absolute atomic E-state index is 0.514. The molecule has 12 heavy (non-hydrogen) atoms. The van der Waals surface area contributed by atoms with E-state index in [1.54, 1.807) is 0 Å². The highest BCUT2D eigenvalue weighted by Gasteiger charge is 2.24. The minimum atomic E-state index is 0.514. The Kier molecular flexibility index (Phi) is 3.53. The van der Waals surface area contributed by atoms with Crippen LogP contribution in [0.1, 0.15) is 27.2 Å². The highest BCUT2D eigenvalue weighted by molar-refractivity contribution is 5.56. The number of nitrogens with one attached hydrogen (secondary N) is 1. The van der Waals surface area contributed by atoms with Gasteiger partial charge in [0.2, 0.25) is 0 Å². The Hall–Kier alpha value is -0.570. The molecule has 0 aromatic rings. The summed E-state index contributed by atoms with van der Waals surface area (Å²) in [5, 5.41) is 9.88. The van der Waals surface area contributed by atoms with E-state index in [-0.39, 0.29) is 0 Å². The van der Waals surface area contributed by atoms with Crippen molar-refractivity contribution in [3.63, 3.8) is 0 Å². The van der Waals surface area contributed by atoms with Crippen LogP contribution in [0.25, 0.3) is 0 Å². The summed E-state index contributed by atoms with van der Waals surface area (Å²) in [6, 6.07) is 1.13. The van der Waals surface area contributed by atoms with Crippen molar-refractivity contribution in [3.05, 3.63) is 0 Å². The topological polar surface area (TPSA) is 27.6 Å². The van der Waals surface area contributed by atoms with Crippen LogP contribution < -0.4 is 5.32 Å². The van der Waals surface area contributed by atoms with Gasteiger partial charge < -0.3 is 5.32 Å². The van der Waals surface area contributed by atoms with E-state index < -0.39 is 0 Å². The zero-order valence-electron chi connectivity index (χ0n) is 8.25. The SMILES string of the molecule is CC/C=N\N(C(C)C)C1CNC1. The zero-order valence-corrected chi connectivity index (χ0v) is 8.25. The third kappa shape index (κ3) is 2.21. The molecule has 1 aliphatic heterocycles. The molecule has 0 bridgehead atoms. The molecule has 0 aromatic heterocycles. The maximum absolute atomic E-state index is 4.43. The summed E-state index contributed by atoms with van der Waals surface area (Å²) in [5.74, 6) is 0. The van der Waals surface area contributed by atoms with Gasteiger partial charge in [-0.1, -0.05) is 6.92 Å². The number of hydrogen-bond donors (Lipinski definition) is 1. The average Bonchev–Trinajstić information content (AvgIpc) is 1.93. The van der Waals surface area contributed by atoms with Crippen LogP contribution in [0, 0.1) is 0 Å². The van der Waals surface area contributed by atoms with Crippen LogP contribution >= 0.6 is 0 Å². The molecule has 3 heteroatoms. The van der Waals surface area contributed by atoms with E-state index in [9.17, 15) is 0 Å². The normalized spacial score (nSPS) is 18.7. The van der Waals surface area contributed by atoms with Crippen molar-refractivity contribution in [2.45, 2.75) is 39.3 Å². The molecular weight excluding hydrogens is 150 g/mol. The number of hydrazone groups is 1. The second-order valence-electron chi connectivity index (χ2n) is 3.49. The van der Waals surface area contributed by atoms with Crippen LogP contribution in [-0.4, -0.2) is 36.4 Å². The second-order valence-corrected chi connectivity index (χ2v) is 3.49. The van der Waals surface area contributed by atoms with Gasteiger partial charge in [-0.25, -0.2) is 0 Å². The Labute approximate surface area is 74.8 Å². The molecule has 0 unspecified atom stereocenters. The molecule has 1 aliphatic rings. The predicted molar refractivity (Wildman–Crippen MR) is 52.4 cm³/mol. The van der Waals surface area contributed by atoms with Crippen molar-refractivity contribution in [1.82, 2.24) is 10.3 Å². The fraction of sp³-hybridized carbons (Fsp3) is 0.889. The average molecular weight is 169 g/mol. The lowest BCUT2D eigenvalue weighted by Crippen LogP contribution is -2.57. The first-order valence-electron chi connectivity index (χ1n) is 4.77. The molecule has 1 N–H and O–H groups in total. The molecule has 0 aliphatic carbocycles. The summed E-state index contributed by atoms with van der Waals surface area (Å²) in [6.07, 6.45) is 3.00. The minimum Gasteiger partial charge on any atom is -0.312 e. The highest BCUT2D eigenvalue weighted by atomic mass is 15.5. The van der Waals surface area contributed by atoms with Gasteiger partial charge in [0.05, 0.1) is 6.04 Å². The van der Waals surface area contributed by atoms with E-state index in [2.05, 4.69) is 36.2 Å². The summed E-state index contributed by atoms with van der Waals surface area (Å²) >= 11 is 0. The number of hydrogen-bond acceptors (Lipinski definition) is 3. The summed E-state index contributed by atoms with van der Waals surface area (Å²) in [6.45, 7) is 8.65. The molecule has 1 rings (SSSR count). The first-order chi connectivity index (χ1) is 5.75. The monoisotopic (exact) mass is 169 g/mol. The molecule has 0 aromatic carbocycles. The van der Waals surface area contributed by atoms with E-state index >= 15 is 0 Å². The molecule has 0 amide bonds. The lowest BCUT2D eigenvalue weighted by Gasteiger charge is -2.38. The molecule has 1 heterocycles. The molecule has 0 spiro atoms. The summed E-state index contributed by atoms with van der Waals surface area (Å²) in [4.78, 5) is 0. The first kappa shape index (κ1) is 9.52. The summed E-state index contributed by atoms with van der Waals surface area (Å²) in [5.41, 5.74) is 0. The lowest BCUT2D eigenvalue weighted by molar-refractivity contribution is 0.116. The Morgan fingerprint density at radius 3 is 2.58 bits per heavy atom.